The highest BCUT2D eigenvalue weighted by molar-refractivity contribution is 5.73. The lowest BCUT2D eigenvalue weighted by Gasteiger charge is -2.35. The summed E-state index contributed by atoms with van der Waals surface area (Å²) < 4.78 is 0. The van der Waals surface area contributed by atoms with E-state index in [2.05, 4.69) is 44.2 Å². The highest BCUT2D eigenvalue weighted by Crippen LogP contribution is 2.32. The molecule has 7 heteroatoms. The van der Waals surface area contributed by atoms with Crippen molar-refractivity contribution in [2.45, 2.75) is 26.8 Å². The summed E-state index contributed by atoms with van der Waals surface area (Å²) >= 11 is 0. The summed E-state index contributed by atoms with van der Waals surface area (Å²) in [7, 11) is 0. The fourth-order valence-electron chi connectivity index (χ4n) is 3.51. The number of aromatic nitrogens is 4. The van der Waals surface area contributed by atoms with Gasteiger partial charge in [0.05, 0.1) is 6.20 Å². The van der Waals surface area contributed by atoms with Gasteiger partial charge >= 0.3 is 0 Å². The molecule has 29 heavy (non-hydrogen) atoms. The Bertz CT molecular complexity index is 972. The van der Waals surface area contributed by atoms with Gasteiger partial charge in [-0.25, -0.2) is 4.98 Å². The minimum Gasteiger partial charge on any atom is -0.507 e. The first kappa shape index (κ1) is 19.3. The third-order valence-corrected chi connectivity index (χ3v) is 5.36. The fraction of sp³-hybridized carbons (Fsp3) is 0.364. The molecule has 1 aromatic carbocycles. The fourth-order valence-corrected chi connectivity index (χ4v) is 3.51. The number of nitrogens with zero attached hydrogens (tertiary/aromatic N) is 5. The molecule has 0 radical (unpaired) electrons. The molecule has 150 valence electrons. The second kappa shape index (κ2) is 8.13. The van der Waals surface area contributed by atoms with Crippen LogP contribution in [0.15, 0.2) is 42.7 Å². The minimum absolute atomic E-state index is 0.147. The van der Waals surface area contributed by atoms with E-state index >= 15 is 0 Å². The quantitative estimate of drug-likeness (QED) is 0.708. The van der Waals surface area contributed by atoms with Crippen LogP contribution in [0.2, 0.25) is 0 Å². The van der Waals surface area contributed by atoms with Crippen molar-refractivity contribution < 1.29 is 5.11 Å². The van der Waals surface area contributed by atoms with Crippen LogP contribution < -0.4 is 10.2 Å². The Morgan fingerprint density at radius 1 is 1.07 bits per heavy atom. The molecule has 1 saturated heterocycles. The number of pyridine rings is 1. The van der Waals surface area contributed by atoms with E-state index in [1.807, 2.05) is 31.2 Å². The summed E-state index contributed by atoms with van der Waals surface area (Å²) in [6, 6.07) is 9.87. The average molecular weight is 390 g/mol. The molecule has 2 aromatic heterocycles. The largest absolute Gasteiger partial charge is 0.507 e. The Kier molecular flexibility index (Phi) is 5.40. The molecule has 0 saturated carbocycles. The summed E-state index contributed by atoms with van der Waals surface area (Å²) in [5.74, 6) is 1.32. The number of nitrogens with one attached hydrogen (secondary N) is 1. The molecule has 0 aliphatic carbocycles. The number of benzene rings is 1. The van der Waals surface area contributed by atoms with Gasteiger partial charge in [-0.05, 0) is 36.6 Å². The summed E-state index contributed by atoms with van der Waals surface area (Å²) in [5, 5.41) is 22.7. The smallest absolute Gasteiger partial charge is 0.245 e. The lowest BCUT2D eigenvalue weighted by Crippen LogP contribution is -2.53. The molecule has 1 fully saturated rings. The maximum Gasteiger partial charge on any atom is 0.245 e. The number of aryl methyl sites for hydroxylation is 1. The number of hydrogen-bond donors (Lipinski definition) is 2. The van der Waals surface area contributed by atoms with Gasteiger partial charge in [-0.3, -0.25) is 4.98 Å². The number of anilines is 1. The Morgan fingerprint density at radius 2 is 1.90 bits per heavy atom. The number of hydrogen-bond acceptors (Lipinski definition) is 7. The van der Waals surface area contributed by atoms with Gasteiger partial charge in [-0.2, -0.15) is 0 Å². The first-order valence-corrected chi connectivity index (χ1v) is 9.96. The van der Waals surface area contributed by atoms with Crippen LogP contribution in [0.1, 0.15) is 19.5 Å². The zero-order valence-electron chi connectivity index (χ0n) is 17.0. The van der Waals surface area contributed by atoms with Gasteiger partial charge in [0.1, 0.15) is 11.4 Å². The van der Waals surface area contributed by atoms with Gasteiger partial charge in [0.15, 0.2) is 0 Å². The third-order valence-electron chi connectivity index (χ3n) is 5.36. The molecule has 3 aromatic rings. The Morgan fingerprint density at radius 3 is 2.55 bits per heavy atom. The van der Waals surface area contributed by atoms with Gasteiger partial charge in [-0.15, -0.1) is 10.2 Å². The van der Waals surface area contributed by atoms with E-state index in [0.29, 0.717) is 29.2 Å². The van der Waals surface area contributed by atoms with Crippen LogP contribution in [0, 0.1) is 12.8 Å². The summed E-state index contributed by atoms with van der Waals surface area (Å²) in [5.41, 5.74) is 3.98. The second-order valence-corrected chi connectivity index (χ2v) is 7.81. The average Bonchev–Trinajstić information content (AvgIpc) is 2.74. The Balaban J connectivity index is 1.54. The van der Waals surface area contributed by atoms with E-state index in [9.17, 15) is 5.11 Å². The van der Waals surface area contributed by atoms with Crippen molar-refractivity contribution in [1.29, 1.82) is 0 Å². The number of phenols is 1. The van der Waals surface area contributed by atoms with Crippen molar-refractivity contribution in [3.63, 3.8) is 0 Å². The molecule has 1 atom stereocenters. The van der Waals surface area contributed by atoms with E-state index < -0.39 is 0 Å². The standard InChI is InChI=1S/C22H26N6O/c1-14(2)20-13-28(9-8-23-20)22-25-12-19(26-27-22)18-7-6-16(10-21(18)29)17-5-4-15(3)24-11-17/h4-7,10-12,14,20,23,29H,8-9,13H2,1-3H3/t20-/m1/s1. The second-order valence-electron chi connectivity index (χ2n) is 7.81. The molecule has 0 bridgehead atoms. The number of aromatic hydroxyl groups is 1. The van der Waals surface area contributed by atoms with E-state index in [-0.39, 0.29) is 5.75 Å². The van der Waals surface area contributed by atoms with Crippen LogP contribution in [0.5, 0.6) is 5.75 Å². The van der Waals surface area contributed by atoms with Gasteiger partial charge in [-0.1, -0.05) is 26.0 Å². The van der Waals surface area contributed by atoms with Gasteiger partial charge in [0, 0.05) is 48.7 Å². The van der Waals surface area contributed by atoms with Crippen molar-refractivity contribution in [1.82, 2.24) is 25.5 Å². The lowest BCUT2D eigenvalue weighted by molar-refractivity contribution is 0.365. The summed E-state index contributed by atoms with van der Waals surface area (Å²) in [6.45, 7) is 9.00. The Hall–Kier alpha value is -3.06. The van der Waals surface area contributed by atoms with Crippen LogP contribution in [0.4, 0.5) is 5.95 Å². The monoisotopic (exact) mass is 390 g/mol. The zero-order chi connectivity index (χ0) is 20.4. The van der Waals surface area contributed by atoms with E-state index in [4.69, 9.17) is 0 Å². The molecule has 1 aliphatic heterocycles. The molecular formula is C22H26N6O. The van der Waals surface area contributed by atoms with E-state index in [1.165, 1.54) is 0 Å². The van der Waals surface area contributed by atoms with Crippen LogP contribution in [0.25, 0.3) is 22.4 Å². The van der Waals surface area contributed by atoms with Crippen molar-refractivity contribution in [3.8, 4) is 28.1 Å². The van der Waals surface area contributed by atoms with Crippen LogP contribution in [-0.2, 0) is 0 Å². The summed E-state index contributed by atoms with van der Waals surface area (Å²) in [4.78, 5) is 11.0. The first-order valence-electron chi connectivity index (χ1n) is 9.96. The molecule has 4 rings (SSSR count). The van der Waals surface area contributed by atoms with Crippen molar-refractivity contribution >= 4 is 5.95 Å². The highest BCUT2D eigenvalue weighted by Gasteiger charge is 2.23. The predicted octanol–water partition coefficient (Wildman–Crippen LogP) is 3.05. The number of phenolic OH excluding ortho intramolecular Hbond substituents is 1. The molecule has 0 unspecified atom stereocenters. The van der Waals surface area contributed by atoms with Crippen LogP contribution in [0.3, 0.4) is 0 Å². The van der Waals surface area contributed by atoms with Crippen LogP contribution in [-0.4, -0.2) is 50.9 Å². The molecule has 2 N–H and O–H groups in total. The van der Waals surface area contributed by atoms with Gasteiger partial charge in [0.2, 0.25) is 5.95 Å². The lowest BCUT2D eigenvalue weighted by atomic mass is 10.0. The minimum atomic E-state index is 0.147. The van der Waals surface area contributed by atoms with Crippen molar-refractivity contribution in [2.24, 2.45) is 5.92 Å². The maximum absolute atomic E-state index is 10.5. The maximum atomic E-state index is 10.5. The Labute approximate surface area is 170 Å². The van der Waals surface area contributed by atoms with E-state index in [1.54, 1.807) is 18.5 Å². The number of piperazine rings is 1. The predicted molar refractivity (Wildman–Crippen MR) is 114 cm³/mol. The van der Waals surface area contributed by atoms with E-state index in [0.717, 1.165) is 36.5 Å². The molecule has 1 aliphatic rings. The third kappa shape index (κ3) is 4.19. The van der Waals surface area contributed by atoms with Crippen molar-refractivity contribution in [3.05, 3.63) is 48.4 Å². The molecule has 3 heterocycles. The highest BCUT2D eigenvalue weighted by atomic mass is 16.3. The molecule has 0 amide bonds. The summed E-state index contributed by atoms with van der Waals surface area (Å²) in [6.07, 6.45) is 3.48. The molecule has 0 spiro atoms. The van der Waals surface area contributed by atoms with Gasteiger partial charge < -0.3 is 15.3 Å². The molecular weight excluding hydrogens is 364 g/mol. The number of rotatable bonds is 4. The van der Waals surface area contributed by atoms with Crippen molar-refractivity contribution in [2.75, 3.05) is 24.5 Å². The first-order chi connectivity index (χ1) is 14.0. The zero-order valence-corrected chi connectivity index (χ0v) is 17.0. The topological polar surface area (TPSA) is 87.1 Å². The molecule has 7 nitrogen and oxygen atoms in total. The SMILES string of the molecule is Cc1ccc(-c2ccc(-c3cnc(N4CCN[C@@H](C(C)C)C4)nn3)c(O)c2)cn1. The van der Waals surface area contributed by atoms with Crippen LogP contribution >= 0.6 is 0 Å². The normalized spacial score (nSPS) is 17.0. The van der Waals surface area contributed by atoms with Gasteiger partial charge in [0.25, 0.3) is 0 Å².